The van der Waals surface area contributed by atoms with E-state index in [1.165, 1.54) is 0 Å². The van der Waals surface area contributed by atoms with Crippen LogP contribution in [0.5, 0.6) is 5.75 Å². The number of benzene rings is 2. The second-order valence-corrected chi connectivity index (χ2v) is 8.53. The van der Waals surface area contributed by atoms with Crippen LogP contribution in [0.3, 0.4) is 0 Å². The maximum atomic E-state index is 13.2. The largest absolute Gasteiger partial charge is 0.497 e. The molecule has 1 aliphatic heterocycles. The van der Waals surface area contributed by atoms with Gasteiger partial charge in [-0.3, -0.25) is 0 Å². The van der Waals surface area contributed by atoms with Crippen LogP contribution in [0, 0.1) is 0 Å². The third-order valence-electron chi connectivity index (χ3n) is 4.62. The standard InChI is InChI=1S/C19H22ClNO3S/c1-24-17-10-6-15(7-11-17)19-5-3-2-4-14-21(19)25(22,23)18-12-8-16(20)9-13-18/h6-13,19H,2-5,14H2,1H3/t19-/m0/s1. The molecule has 0 saturated carbocycles. The van der Waals surface area contributed by atoms with Crippen LogP contribution < -0.4 is 4.74 Å². The van der Waals surface area contributed by atoms with Crippen molar-refractivity contribution in [1.29, 1.82) is 0 Å². The molecular weight excluding hydrogens is 358 g/mol. The smallest absolute Gasteiger partial charge is 0.243 e. The van der Waals surface area contributed by atoms with Gasteiger partial charge >= 0.3 is 0 Å². The molecule has 3 rings (SSSR count). The highest BCUT2D eigenvalue weighted by Crippen LogP contribution is 2.35. The Bertz CT molecular complexity index is 804. The molecule has 0 bridgehead atoms. The zero-order chi connectivity index (χ0) is 17.9. The third-order valence-corrected chi connectivity index (χ3v) is 6.80. The molecule has 0 spiro atoms. The van der Waals surface area contributed by atoms with E-state index in [0.29, 0.717) is 11.6 Å². The van der Waals surface area contributed by atoms with Crippen molar-refractivity contribution in [2.24, 2.45) is 0 Å². The molecular formula is C19H22ClNO3S. The van der Waals surface area contributed by atoms with E-state index in [0.717, 1.165) is 37.0 Å². The van der Waals surface area contributed by atoms with E-state index < -0.39 is 10.0 Å². The molecule has 2 aromatic rings. The summed E-state index contributed by atoms with van der Waals surface area (Å²) in [5, 5.41) is 0.529. The van der Waals surface area contributed by atoms with Crippen LogP contribution in [0.1, 0.15) is 37.3 Å². The molecule has 0 aromatic heterocycles. The second kappa shape index (κ2) is 7.77. The minimum absolute atomic E-state index is 0.158. The van der Waals surface area contributed by atoms with Gasteiger partial charge in [-0.25, -0.2) is 8.42 Å². The Hall–Kier alpha value is -1.56. The number of nitrogens with zero attached hydrogens (tertiary/aromatic N) is 1. The van der Waals surface area contributed by atoms with E-state index in [1.807, 2.05) is 24.3 Å². The van der Waals surface area contributed by atoms with Gasteiger partial charge in [-0.1, -0.05) is 36.6 Å². The second-order valence-electron chi connectivity index (χ2n) is 6.21. The Balaban J connectivity index is 1.98. The van der Waals surface area contributed by atoms with E-state index >= 15 is 0 Å². The summed E-state index contributed by atoms with van der Waals surface area (Å²) in [5.74, 6) is 0.768. The van der Waals surface area contributed by atoms with Crippen LogP contribution in [0.15, 0.2) is 53.4 Å². The van der Waals surface area contributed by atoms with Gasteiger partial charge in [-0.15, -0.1) is 0 Å². The summed E-state index contributed by atoms with van der Waals surface area (Å²) >= 11 is 5.91. The maximum Gasteiger partial charge on any atom is 0.243 e. The van der Waals surface area contributed by atoms with E-state index in [1.54, 1.807) is 35.7 Å². The van der Waals surface area contributed by atoms with E-state index in [4.69, 9.17) is 16.3 Å². The number of halogens is 1. The van der Waals surface area contributed by atoms with Crippen LogP contribution in [0.4, 0.5) is 0 Å². The van der Waals surface area contributed by atoms with Gasteiger partial charge in [0, 0.05) is 11.6 Å². The molecule has 25 heavy (non-hydrogen) atoms. The molecule has 1 heterocycles. The van der Waals surface area contributed by atoms with E-state index in [9.17, 15) is 8.42 Å². The zero-order valence-corrected chi connectivity index (χ0v) is 15.8. The molecule has 4 nitrogen and oxygen atoms in total. The first-order valence-corrected chi connectivity index (χ1v) is 10.3. The van der Waals surface area contributed by atoms with Crippen LogP contribution in [-0.4, -0.2) is 26.4 Å². The molecule has 134 valence electrons. The number of ether oxygens (including phenoxy) is 1. The summed E-state index contributed by atoms with van der Waals surface area (Å²) < 4.78 is 33.3. The predicted molar refractivity (Wildman–Crippen MR) is 99.5 cm³/mol. The fourth-order valence-corrected chi connectivity index (χ4v) is 5.08. The monoisotopic (exact) mass is 379 g/mol. The molecule has 1 fully saturated rings. The molecule has 6 heteroatoms. The topological polar surface area (TPSA) is 46.6 Å². The first-order valence-electron chi connectivity index (χ1n) is 8.44. The molecule has 0 aliphatic carbocycles. The van der Waals surface area contributed by atoms with Crippen molar-refractivity contribution in [3.8, 4) is 5.75 Å². The number of sulfonamides is 1. The summed E-state index contributed by atoms with van der Waals surface area (Å²) in [6.45, 7) is 0.529. The Kier molecular flexibility index (Phi) is 5.67. The Morgan fingerprint density at radius 2 is 1.68 bits per heavy atom. The SMILES string of the molecule is COc1ccc([C@@H]2CCCCCN2S(=O)(=O)c2ccc(Cl)cc2)cc1. The van der Waals surface area contributed by atoms with Gasteiger partial charge in [0.2, 0.25) is 10.0 Å². The van der Waals surface area contributed by atoms with Crippen LogP contribution >= 0.6 is 11.6 Å². The number of hydrogen-bond acceptors (Lipinski definition) is 3. The molecule has 1 aliphatic rings. The summed E-state index contributed by atoms with van der Waals surface area (Å²) in [4.78, 5) is 0.289. The number of rotatable bonds is 4. The number of methoxy groups -OCH3 is 1. The molecule has 0 amide bonds. The maximum absolute atomic E-state index is 13.2. The summed E-state index contributed by atoms with van der Waals surface area (Å²) in [7, 11) is -1.95. The van der Waals surface area contributed by atoms with Crippen molar-refractivity contribution in [3.05, 3.63) is 59.1 Å². The number of hydrogen-bond donors (Lipinski definition) is 0. The van der Waals surface area contributed by atoms with Crippen LogP contribution in [-0.2, 0) is 10.0 Å². The molecule has 0 N–H and O–H groups in total. The quantitative estimate of drug-likeness (QED) is 0.776. The van der Waals surface area contributed by atoms with E-state index in [-0.39, 0.29) is 10.9 Å². The van der Waals surface area contributed by atoms with Crippen molar-refractivity contribution < 1.29 is 13.2 Å². The van der Waals surface area contributed by atoms with Gasteiger partial charge in [-0.05, 0) is 54.8 Å². The molecule has 1 atom stereocenters. The van der Waals surface area contributed by atoms with E-state index in [2.05, 4.69) is 0 Å². The van der Waals surface area contributed by atoms with Gasteiger partial charge in [0.15, 0.2) is 0 Å². The molecule has 0 radical (unpaired) electrons. The highest BCUT2D eigenvalue weighted by atomic mass is 35.5. The van der Waals surface area contributed by atoms with Crippen molar-refractivity contribution in [2.75, 3.05) is 13.7 Å². The Labute approximate surface area is 154 Å². The van der Waals surface area contributed by atoms with Gasteiger partial charge in [0.05, 0.1) is 18.0 Å². The van der Waals surface area contributed by atoms with Gasteiger partial charge in [0.1, 0.15) is 5.75 Å². The van der Waals surface area contributed by atoms with Crippen LogP contribution in [0.2, 0.25) is 5.02 Å². The zero-order valence-electron chi connectivity index (χ0n) is 14.2. The van der Waals surface area contributed by atoms with Crippen LogP contribution in [0.25, 0.3) is 0 Å². The van der Waals surface area contributed by atoms with Gasteiger partial charge in [-0.2, -0.15) is 4.31 Å². The van der Waals surface area contributed by atoms with Gasteiger partial charge < -0.3 is 4.74 Å². The normalized spacial score (nSPS) is 19.4. The van der Waals surface area contributed by atoms with Crippen molar-refractivity contribution >= 4 is 21.6 Å². The summed E-state index contributed by atoms with van der Waals surface area (Å²) in [6, 6.07) is 13.9. The van der Waals surface area contributed by atoms with Crippen molar-refractivity contribution in [2.45, 2.75) is 36.6 Å². The first kappa shape index (κ1) is 18.2. The van der Waals surface area contributed by atoms with Crippen molar-refractivity contribution in [1.82, 2.24) is 4.31 Å². The minimum Gasteiger partial charge on any atom is -0.497 e. The fraction of sp³-hybridized carbons (Fsp3) is 0.368. The average molecular weight is 380 g/mol. The third kappa shape index (κ3) is 4.00. The van der Waals surface area contributed by atoms with Gasteiger partial charge in [0.25, 0.3) is 0 Å². The van der Waals surface area contributed by atoms with Crippen molar-refractivity contribution in [3.63, 3.8) is 0 Å². The average Bonchev–Trinajstić information content (AvgIpc) is 2.89. The predicted octanol–water partition coefficient (Wildman–Crippen LogP) is 4.65. The summed E-state index contributed by atoms with van der Waals surface area (Å²) in [6.07, 6.45) is 3.75. The Morgan fingerprint density at radius 1 is 1.00 bits per heavy atom. The molecule has 0 unspecified atom stereocenters. The highest BCUT2D eigenvalue weighted by molar-refractivity contribution is 7.89. The summed E-state index contributed by atoms with van der Waals surface area (Å²) in [5.41, 5.74) is 1.00. The lowest BCUT2D eigenvalue weighted by Gasteiger charge is -2.29. The highest BCUT2D eigenvalue weighted by Gasteiger charge is 2.33. The lowest BCUT2D eigenvalue weighted by atomic mass is 10.0. The fourth-order valence-electron chi connectivity index (χ4n) is 3.27. The minimum atomic E-state index is -3.57. The molecule has 2 aromatic carbocycles. The molecule has 1 saturated heterocycles. The lowest BCUT2D eigenvalue weighted by Crippen LogP contribution is -2.34. The lowest BCUT2D eigenvalue weighted by molar-refractivity contribution is 0.328. The Morgan fingerprint density at radius 3 is 2.32 bits per heavy atom. The first-order chi connectivity index (χ1) is 12.0.